The summed E-state index contributed by atoms with van der Waals surface area (Å²) in [6.45, 7) is 0.0854. The Balaban J connectivity index is 1.98. The molecule has 0 saturated heterocycles. The monoisotopic (exact) mass is 297 g/mol. The highest BCUT2D eigenvalue weighted by atomic mass is 79.9. The molecule has 2 rings (SSSR count). The Morgan fingerprint density at radius 3 is 3.00 bits per heavy atom. The maximum Gasteiger partial charge on any atom is 0.246 e. The number of nitrogens with zero attached hydrogens (tertiary/aromatic N) is 2. The summed E-state index contributed by atoms with van der Waals surface area (Å²) in [7, 11) is 0. The molecule has 1 heterocycles. The van der Waals surface area contributed by atoms with Gasteiger partial charge in [-0.15, -0.1) is 0 Å². The van der Waals surface area contributed by atoms with Crippen LogP contribution in [0.5, 0.6) is 0 Å². The van der Waals surface area contributed by atoms with Crippen LogP contribution in [0.25, 0.3) is 0 Å². The first kappa shape index (κ1) is 11.8. The molecule has 1 amide bonds. The molecule has 0 radical (unpaired) electrons. The van der Waals surface area contributed by atoms with E-state index >= 15 is 0 Å². The molecule has 0 atom stereocenters. The van der Waals surface area contributed by atoms with E-state index < -0.39 is 0 Å². The van der Waals surface area contributed by atoms with Gasteiger partial charge in [0.2, 0.25) is 5.91 Å². The number of carbonyl (C=O) groups excluding carboxylic acids is 1. The molecule has 1 aromatic carbocycles. The zero-order valence-corrected chi connectivity index (χ0v) is 10.3. The van der Waals surface area contributed by atoms with E-state index in [4.69, 9.17) is 0 Å². The lowest BCUT2D eigenvalue weighted by Gasteiger charge is -2.05. The van der Waals surface area contributed by atoms with E-state index in [9.17, 15) is 9.18 Å². The van der Waals surface area contributed by atoms with E-state index in [1.807, 2.05) is 0 Å². The summed E-state index contributed by atoms with van der Waals surface area (Å²) in [5, 5.41) is 6.54. The lowest BCUT2D eigenvalue weighted by Crippen LogP contribution is -2.18. The van der Waals surface area contributed by atoms with Gasteiger partial charge in [0.05, 0.1) is 10.7 Å². The zero-order chi connectivity index (χ0) is 12.3. The average Bonchev–Trinajstić information content (AvgIpc) is 2.63. The lowest BCUT2D eigenvalue weighted by molar-refractivity contribution is -0.116. The fourth-order valence-corrected chi connectivity index (χ4v) is 1.67. The van der Waals surface area contributed by atoms with Gasteiger partial charge in [-0.05, 0) is 34.1 Å². The number of anilines is 1. The number of rotatable bonds is 3. The number of benzene rings is 1. The molecule has 1 aromatic heterocycles. The second kappa shape index (κ2) is 5.09. The van der Waals surface area contributed by atoms with Gasteiger partial charge in [-0.2, -0.15) is 5.10 Å². The van der Waals surface area contributed by atoms with Crippen molar-refractivity contribution in [3.63, 3.8) is 0 Å². The number of hydrogen-bond acceptors (Lipinski definition) is 2. The Bertz CT molecular complexity index is 541. The van der Waals surface area contributed by atoms with E-state index in [-0.39, 0.29) is 18.3 Å². The molecular formula is C11H9BrFN3O. The Hall–Kier alpha value is -1.69. The van der Waals surface area contributed by atoms with Crippen LogP contribution in [-0.4, -0.2) is 15.7 Å². The van der Waals surface area contributed by atoms with Crippen molar-refractivity contribution in [1.82, 2.24) is 9.78 Å². The Morgan fingerprint density at radius 1 is 1.53 bits per heavy atom. The van der Waals surface area contributed by atoms with Crippen molar-refractivity contribution >= 4 is 27.5 Å². The number of nitrogens with one attached hydrogen (secondary N) is 1. The van der Waals surface area contributed by atoms with Crippen LogP contribution in [0.4, 0.5) is 10.1 Å². The molecule has 0 bridgehead atoms. The van der Waals surface area contributed by atoms with Gasteiger partial charge in [-0.1, -0.05) is 6.07 Å². The molecular weight excluding hydrogens is 289 g/mol. The largest absolute Gasteiger partial charge is 0.324 e. The van der Waals surface area contributed by atoms with Crippen molar-refractivity contribution in [2.75, 3.05) is 5.32 Å². The number of carbonyl (C=O) groups is 1. The molecule has 0 fully saturated rings. The first-order valence-corrected chi connectivity index (χ1v) is 5.66. The van der Waals surface area contributed by atoms with Gasteiger partial charge in [0.25, 0.3) is 0 Å². The van der Waals surface area contributed by atoms with Crippen molar-refractivity contribution in [1.29, 1.82) is 0 Å². The predicted molar refractivity (Wildman–Crippen MR) is 65.0 cm³/mol. The van der Waals surface area contributed by atoms with Crippen LogP contribution in [0.3, 0.4) is 0 Å². The van der Waals surface area contributed by atoms with Gasteiger partial charge in [0.1, 0.15) is 12.4 Å². The van der Waals surface area contributed by atoms with Crippen LogP contribution in [0.15, 0.2) is 41.1 Å². The third-order valence-corrected chi connectivity index (χ3v) is 2.43. The van der Waals surface area contributed by atoms with E-state index in [1.54, 1.807) is 18.5 Å². The summed E-state index contributed by atoms with van der Waals surface area (Å²) in [5.41, 5.74) is 0.432. The maximum atomic E-state index is 12.9. The van der Waals surface area contributed by atoms with Gasteiger partial charge in [-0.25, -0.2) is 4.39 Å². The summed E-state index contributed by atoms with van der Waals surface area (Å²) in [6.07, 6.45) is 3.28. The van der Waals surface area contributed by atoms with E-state index in [1.165, 1.54) is 22.9 Å². The van der Waals surface area contributed by atoms with Gasteiger partial charge >= 0.3 is 0 Å². The van der Waals surface area contributed by atoms with Crippen molar-refractivity contribution in [3.8, 4) is 0 Å². The molecule has 2 aromatic rings. The number of hydrogen-bond donors (Lipinski definition) is 1. The molecule has 0 saturated carbocycles. The van der Waals surface area contributed by atoms with E-state index in [2.05, 4.69) is 26.3 Å². The molecule has 0 aliphatic rings. The third-order valence-electron chi connectivity index (χ3n) is 2.02. The van der Waals surface area contributed by atoms with Gasteiger partial charge in [0, 0.05) is 11.9 Å². The van der Waals surface area contributed by atoms with Gasteiger partial charge in [0.15, 0.2) is 0 Å². The highest BCUT2D eigenvalue weighted by Gasteiger charge is 2.05. The molecule has 0 spiro atoms. The fraction of sp³-hybridized carbons (Fsp3) is 0.0909. The summed E-state index contributed by atoms with van der Waals surface area (Å²) in [5.74, 6) is -0.643. The average molecular weight is 298 g/mol. The standard InChI is InChI=1S/C11H9BrFN3O/c12-8-5-14-16(6-8)7-11(17)15-10-3-1-2-9(13)4-10/h1-6H,7H2,(H,15,17). The molecule has 6 heteroatoms. The Kier molecular flexibility index (Phi) is 3.53. The van der Waals surface area contributed by atoms with Crippen LogP contribution in [0.1, 0.15) is 0 Å². The SMILES string of the molecule is O=C(Cn1cc(Br)cn1)Nc1cccc(F)c1. The zero-order valence-electron chi connectivity index (χ0n) is 8.73. The summed E-state index contributed by atoms with van der Waals surface area (Å²) >= 11 is 3.23. The highest BCUT2D eigenvalue weighted by Crippen LogP contribution is 2.10. The van der Waals surface area contributed by atoms with Crippen molar-refractivity contribution in [2.24, 2.45) is 0 Å². The molecule has 17 heavy (non-hydrogen) atoms. The predicted octanol–water partition coefficient (Wildman–Crippen LogP) is 2.42. The van der Waals surface area contributed by atoms with Crippen LogP contribution >= 0.6 is 15.9 Å². The maximum absolute atomic E-state index is 12.9. The normalized spacial score (nSPS) is 10.2. The van der Waals surface area contributed by atoms with Crippen LogP contribution in [-0.2, 0) is 11.3 Å². The molecule has 1 N–H and O–H groups in total. The Morgan fingerprint density at radius 2 is 2.35 bits per heavy atom. The van der Waals surface area contributed by atoms with E-state index in [0.717, 1.165) is 4.47 Å². The van der Waals surface area contributed by atoms with Crippen LogP contribution < -0.4 is 5.32 Å². The minimum Gasteiger partial charge on any atom is -0.324 e. The lowest BCUT2D eigenvalue weighted by atomic mass is 10.3. The summed E-state index contributed by atoms with van der Waals surface area (Å²) in [4.78, 5) is 11.6. The minimum absolute atomic E-state index is 0.0854. The minimum atomic E-state index is -0.385. The van der Waals surface area contributed by atoms with Crippen LogP contribution in [0.2, 0.25) is 0 Å². The molecule has 0 aliphatic heterocycles. The fourth-order valence-electron chi connectivity index (χ4n) is 1.34. The molecule has 0 unspecified atom stereocenters. The van der Waals surface area contributed by atoms with Crippen LogP contribution in [0, 0.1) is 5.82 Å². The number of aromatic nitrogens is 2. The first-order valence-electron chi connectivity index (χ1n) is 4.87. The van der Waals surface area contributed by atoms with E-state index in [0.29, 0.717) is 5.69 Å². The Labute approximate surface area is 106 Å². The van der Waals surface area contributed by atoms with Gasteiger partial charge < -0.3 is 5.32 Å². The van der Waals surface area contributed by atoms with Crippen molar-refractivity contribution in [2.45, 2.75) is 6.54 Å². The third kappa shape index (κ3) is 3.39. The van der Waals surface area contributed by atoms with Crippen molar-refractivity contribution in [3.05, 3.63) is 46.9 Å². The second-order valence-electron chi connectivity index (χ2n) is 3.41. The first-order chi connectivity index (χ1) is 8.13. The van der Waals surface area contributed by atoms with Gasteiger partial charge in [-0.3, -0.25) is 9.48 Å². The molecule has 88 valence electrons. The van der Waals surface area contributed by atoms with Crippen molar-refractivity contribution < 1.29 is 9.18 Å². The number of halogens is 2. The highest BCUT2D eigenvalue weighted by molar-refractivity contribution is 9.10. The summed E-state index contributed by atoms with van der Waals surface area (Å²) in [6, 6.07) is 5.74. The molecule has 4 nitrogen and oxygen atoms in total. The molecule has 0 aliphatic carbocycles. The quantitative estimate of drug-likeness (QED) is 0.946. The second-order valence-corrected chi connectivity index (χ2v) is 4.33. The summed E-state index contributed by atoms with van der Waals surface area (Å²) < 4.78 is 15.2. The smallest absolute Gasteiger partial charge is 0.246 e. The topological polar surface area (TPSA) is 46.9 Å². The number of amides is 1.